The summed E-state index contributed by atoms with van der Waals surface area (Å²) in [5.74, 6) is -0.516. The number of fused-ring (bicyclic) bond motifs is 1. The Labute approximate surface area is 224 Å². The van der Waals surface area contributed by atoms with Crippen LogP contribution in [0, 0.1) is 0 Å². The van der Waals surface area contributed by atoms with Crippen molar-refractivity contribution >= 4 is 28.7 Å². The first-order valence-electron chi connectivity index (χ1n) is 13.2. The number of nitrogens with one attached hydrogen (secondary N) is 1. The fraction of sp³-hybridized carbons (Fsp3) is 0.387. The smallest absolute Gasteiger partial charge is 0.410 e. The molecule has 38 heavy (non-hydrogen) atoms. The summed E-state index contributed by atoms with van der Waals surface area (Å²) in [4.78, 5) is 43.1. The number of ether oxygens (including phenoxy) is 1. The zero-order chi connectivity index (χ0) is 27.3. The predicted octanol–water partition coefficient (Wildman–Crippen LogP) is 4.93. The molecule has 0 aliphatic carbocycles. The zero-order valence-corrected chi connectivity index (χ0v) is 22.6. The van der Waals surface area contributed by atoms with E-state index in [1.54, 1.807) is 32.7 Å². The third-order valence-electron chi connectivity index (χ3n) is 6.69. The van der Waals surface area contributed by atoms with Crippen molar-refractivity contribution in [2.75, 3.05) is 13.6 Å². The van der Waals surface area contributed by atoms with E-state index in [-0.39, 0.29) is 11.8 Å². The zero-order valence-electron chi connectivity index (χ0n) is 22.6. The molecule has 7 nitrogen and oxygen atoms in total. The highest BCUT2D eigenvalue weighted by Gasteiger charge is 2.38. The number of amides is 3. The van der Waals surface area contributed by atoms with Gasteiger partial charge in [0.05, 0.1) is 0 Å². The van der Waals surface area contributed by atoms with Crippen LogP contribution in [0.3, 0.4) is 0 Å². The van der Waals surface area contributed by atoms with Crippen molar-refractivity contribution < 1.29 is 19.1 Å². The highest BCUT2D eigenvalue weighted by atomic mass is 16.6. The van der Waals surface area contributed by atoms with E-state index in [4.69, 9.17) is 4.74 Å². The van der Waals surface area contributed by atoms with Gasteiger partial charge in [-0.05, 0) is 55.5 Å². The van der Waals surface area contributed by atoms with Gasteiger partial charge >= 0.3 is 6.09 Å². The fourth-order valence-corrected chi connectivity index (χ4v) is 4.85. The number of hydrogen-bond donors (Lipinski definition) is 1. The molecule has 3 amide bonds. The number of likely N-dealkylation sites (tertiary alicyclic amines) is 1. The van der Waals surface area contributed by atoms with Crippen LogP contribution in [-0.4, -0.2) is 59.0 Å². The van der Waals surface area contributed by atoms with Gasteiger partial charge < -0.3 is 15.0 Å². The summed E-state index contributed by atoms with van der Waals surface area (Å²) < 4.78 is 5.53. The molecule has 200 valence electrons. The van der Waals surface area contributed by atoms with Crippen LogP contribution in [-0.2, 0) is 27.3 Å². The van der Waals surface area contributed by atoms with E-state index in [1.807, 2.05) is 66.7 Å². The topological polar surface area (TPSA) is 79.0 Å². The summed E-state index contributed by atoms with van der Waals surface area (Å²) in [5, 5.41) is 5.18. The molecule has 1 heterocycles. The Morgan fingerprint density at radius 1 is 0.974 bits per heavy atom. The number of carbonyl (C=O) groups excluding carboxylic acids is 3. The van der Waals surface area contributed by atoms with Crippen molar-refractivity contribution in [3.63, 3.8) is 0 Å². The largest absolute Gasteiger partial charge is 0.444 e. The molecular formula is C31H37N3O4. The van der Waals surface area contributed by atoms with Crippen LogP contribution in [0.2, 0.25) is 0 Å². The second-order valence-corrected chi connectivity index (χ2v) is 11.0. The molecule has 7 heteroatoms. The maximum Gasteiger partial charge on any atom is 0.410 e. The van der Waals surface area contributed by atoms with Gasteiger partial charge in [0.2, 0.25) is 11.8 Å². The van der Waals surface area contributed by atoms with Crippen LogP contribution < -0.4 is 5.32 Å². The van der Waals surface area contributed by atoms with E-state index in [0.29, 0.717) is 32.4 Å². The summed E-state index contributed by atoms with van der Waals surface area (Å²) in [7, 11) is 1.75. The van der Waals surface area contributed by atoms with Crippen LogP contribution in [0.25, 0.3) is 10.8 Å². The second kappa shape index (κ2) is 11.7. The Morgan fingerprint density at radius 2 is 1.66 bits per heavy atom. The van der Waals surface area contributed by atoms with Crippen molar-refractivity contribution in [3.8, 4) is 0 Å². The Balaban J connectivity index is 1.54. The lowest BCUT2D eigenvalue weighted by Gasteiger charge is -2.30. The van der Waals surface area contributed by atoms with Gasteiger partial charge in [-0.25, -0.2) is 4.79 Å². The Bertz CT molecular complexity index is 1290. The number of hydrogen-bond acceptors (Lipinski definition) is 4. The van der Waals surface area contributed by atoms with E-state index in [0.717, 1.165) is 21.9 Å². The fourth-order valence-electron chi connectivity index (χ4n) is 4.85. The van der Waals surface area contributed by atoms with E-state index < -0.39 is 23.8 Å². The molecule has 1 N–H and O–H groups in total. The molecule has 3 aromatic rings. The SMILES string of the molecule is CN(Cc1ccccc1)C(=O)[C@@H](Cc1ccc2ccccc2c1)NC(=O)[C@H]1CCCN1C(=O)OC(C)(C)C. The van der Waals surface area contributed by atoms with Gasteiger partial charge in [-0.1, -0.05) is 72.8 Å². The lowest BCUT2D eigenvalue weighted by atomic mass is 10.00. The van der Waals surface area contributed by atoms with E-state index in [1.165, 1.54) is 4.90 Å². The minimum absolute atomic E-state index is 0.183. The van der Waals surface area contributed by atoms with Crippen LogP contribution in [0.1, 0.15) is 44.7 Å². The molecule has 0 unspecified atom stereocenters. The van der Waals surface area contributed by atoms with Gasteiger partial charge in [0.1, 0.15) is 17.7 Å². The first kappa shape index (κ1) is 27.2. The van der Waals surface area contributed by atoms with Gasteiger partial charge in [-0.15, -0.1) is 0 Å². The lowest BCUT2D eigenvalue weighted by Crippen LogP contribution is -2.54. The molecular weight excluding hydrogens is 478 g/mol. The predicted molar refractivity (Wildman–Crippen MR) is 148 cm³/mol. The maximum absolute atomic E-state index is 13.7. The second-order valence-electron chi connectivity index (χ2n) is 11.0. The minimum atomic E-state index is -0.779. The summed E-state index contributed by atoms with van der Waals surface area (Å²) >= 11 is 0. The van der Waals surface area contributed by atoms with Crippen LogP contribution in [0.4, 0.5) is 4.79 Å². The van der Waals surface area contributed by atoms with E-state index >= 15 is 0 Å². The highest BCUT2D eigenvalue weighted by Crippen LogP contribution is 2.22. The van der Waals surface area contributed by atoms with Crippen molar-refractivity contribution in [2.24, 2.45) is 0 Å². The summed E-state index contributed by atoms with van der Waals surface area (Å²) in [6, 6.07) is 22.4. The monoisotopic (exact) mass is 515 g/mol. The summed E-state index contributed by atoms with van der Waals surface area (Å²) in [5.41, 5.74) is 1.30. The lowest BCUT2D eigenvalue weighted by molar-refractivity contribution is -0.136. The molecule has 0 bridgehead atoms. The molecule has 4 rings (SSSR count). The number of carbonyl (C=O) groups is 3. The van der Waals surface area contributed by atoms with Crippen LogP contribution in [0.15, 0.2) is 72.8 Å². The van der Waals surface area contributed by atoms with Gasteiger partial charge in [-0.3, -0.25) is 14.5 Å². The molecule has 1 aliphatic rings. The number of nitrogens with zero attached hydrogens (tertiary/aromatic N) is 2. The normalized spacial score (nSPS) is 16.2. The summed E-state index contributed by atoms with van der Waals surface area (Å²) in [6.07, 6.45) is 1.07. The average molecular weight is 516 g/mol. The third-order valence-corrected chi connectivity index (χ3v) is 6.69. The quantitative estimate of drug-likeness (QED) is 0.484. The molecule has 1 saturated heterocycles. The molecule has 2 atom stereocenters. The minimum Gasteiger partial charge on any atom is -0.444 e. The Hall–Kier alpha value is -3.87. The summed E-state index contributed by atoms with van der Waals surface area (Å²) in [6.45, 7) is 6.28. The van der Waals surface area contributed by atoms with E-state index in [9.17, 15) is 14.4 Å². The van der Waals surface area contributed by atoms with Gasteiger partial charge in [0.15, 0.2) is 0 Å². The van der Waals surface area contributed by atoms with Crippen molar-refractivity contribution in [3.05, 3.63) is 83.9 Å². The van der Waals surface area contributed by atoms with Crippen LogP contribution >= 0.6 is 0 Å². The third kappa shape index (κ3) is 6.91. The van der Waals surface area contributed by atoms with Gasteiger partial charge in [0, 0.05) is 26.6 Å². The number of benzene rings is 3. The molecule has 0 saturated carbocycles. The average Bonchev–Trinajstić information content (AvgIpc) is 3.38. The molecule has 3 aromatic carbocycles. The molecule has 1 aliphatic heterocycles. The molecule has 0 radical (unpaired) electrons. The molecule has 0 spiro atoms. The van der Waals surface area contributed by atoms with E-state index in [2.05, 4.69) is 11.4 Å². The van der Waals surface area contributed by atoms with Crippen molar-refractivity contribution in [2.45, 2.75) is 64.3 Å². The Kier molecular flexibility index (Phi) is 8.35. The van der Waals surface area contributed by atoms with Gasteiger partial charge in [-0.2, -0.15) is 0 Å². The molecule has 1 fully saturated rings. The Morgan fingerprint density at radius 3 is 2.37 bits per heavy atom. The van der Waals surface area contributed by atoms with Crippen molar-refractivity contribution in [1.29, 1.82) is 0 Å². The number of likely N-dealkylation sites (N-methyl/N-ethyl adjacent to an activating group) is 1. The standard InChI is InChI=1S/C31H37N3O4/c1-31(2,3)38-30(37)34-18-10-15-27(34)28(35)32-26(29(36)33(4)21-22-11-6-5-7-12-22)20-23-16-17-24-13-8-9-14-25(24)19-23/h5-9,11-14,16-17,19,26-27H,10,15,18,20-21H2,1-4H3,(H,32,35)/t26-,27-/m1/s1. The van der Waals surface area contributed by atoms with Gasteiger partial charge in [0.25, 0.3) is 0 Å². The highest BCUT2D eigenvalue weighted by molar-refractivity contribution is 5.92. The maximum atomic E-state index is 13.7. The molecule has 0 aromatic heterocycles. The number of rotatable bonds is 7. The first-order valence-corrected chi connectivity index (χ1v) is 13.2. The first-order chi connectivity index (χ1) is 18.1. The van der Waals surface area contributed by atoms with Crippen LogP contribution in [0.5, 0.6) is 0 Å². The van der Waals surface area contributed by atoms with Crippen molar-refractivity contribution in [1.82, 2.24) is 15.1 Å².